The maximum absolute atomic E-state index is 9.17. The number of ether oxygens (including phenoxy) is 1. The van der Waals surface area contributed by atoms with Gasteiger partial charge in [0.2, 0.25) is 0 Å². The van der Waals surface area contributed by atoms with Gasteiger partial charge in [-0.2, -0.15) is 17.0 Å². The molecular formula is C13H24N2OS. The lowest BCUT2D eigenvalue weighted by Gasteiger charge is -2.24. The van der Waals surface area contributed by atoms with E-state index in [0.29, 0.717) is 6.10 Å². The molecule has 1 fully saturated rings. The van der Waals surface area contributed by atoms with E-state index in [1.165, 1.54) is 12.8 Å². The van der Waals surface area contributed by atoms with Gasteiger partial charge in [-0.05, 0) is 44.9 Å². The van der Waals surface area contributed by atoms with E-state index >= 15 is 0 Å². The predicted octanol–water partition coefficient (Wildman–Crippen LogP) is 2.57. The minimum Gasteiger partial charge on any atom is -0.377 e. The van der Waals surface area contributed by atoms with E-state index in [9.17, 15) is 0 Å². The van der Waals surface area contributed by atoms with Crippen LogP contribution in [0.5, 0.6) is 0 Å². The fourth-order valence-electron chi connectivity index (χ4n) is 2.14. The third-order valence-corrected chi connectivity index (χ3v) is 4.70. The van der Waals surface area contributed by atoms with Gasteiger partial charge in [0.05, 0.1) is 12.2 Å². The van der Waals surface area contributed by atoms with Crippen molar-refractivity contribution >= 4 is 11.8 Å². The Bertz CT molecular complexity index is 242. The highest BCUT2D eigenvalue weighted by molar-refractivity contribution is 7.99. The van der Waals surface area contributed by atoms with Crippen molar-refractivity contribution in [3.63, 3.8) is 0 Å². The average molecular weight is 256 g/mol. The first-order chi connectivity index (χ1) is 8.26. The Labute approximate surface area is 109 Å². The summed E-state index contributed by atoms with van der Waals surface area (Å²) in [7, 11) is 1.88. The molecule has 4 heteroatoms. The Morgan fingerprint density at radius 2 is 2.41 bits per heavy atom. The van der Waals surface area contributed by atoms with Gasteiger partial charge in [0.25, 0.3) is 0 Å². The SMILES string of the molecule is CCC(C#N)(CCCSCC1CCCO1)NC. The maximum Gasteiger partial charge on any atom is 0.106 e. The van der Waals surface area contributed by atoms with Crippen molar-refractivity contribution in [3.05, 3.63) is 0 Å². The van der Waals surface area contributed by atoms with Crippen molar-refractivity contribution in [1.82, 2.24) is 5.32 Å². The fourth-order valence-corrected chi connectivity index (χ4v) is 3.18. The van der Waals surface area contributed by atoms with Crippen molar-refractivity contribution in [2.45, 2.75) is 50.7 Å². The number of thioether (sulfide) groups is 1. The second kappa shape index (κ2) is 7.97. The minimum atomic E-state index is -0.315. The topological polar surface area (TPSA) is 45.0 Å². The first-order valence-corrected chi connectivity index (χ1v) is 7.71. The van der Waals surface area contributed by atoms with Gasteiger partial charge in [-0.25, -0.2) is 0 Å². The van der Waals surface area contributed by atoms with Gasteiger partial charge in [-0.3, -0.25) is 0 Å². The molecule has 1 saturated heterocycles. The number of hydrogen-bond acceptors (Lipinski definition) is 4. The van der Waals surface area contributed by atoms with Crippen molar-refractivity contribution in [1.29, 1.82) is 5.26 Å². The zero-order valence-corrected chi connectivity index (χ0v) is 11.8. The molecule has 17 heavy (non-hydrogen) atoms. The van der Waals surface area contributed by atoms with Crippen molar-refractivity contribution in [2.24, 2.45) is 0 Å². The summed E-state index contributed by atoms with van der Waals surface area (Å²) in [5, 5.41) is 12.3. The monoisotopic (exact) mass is 256 g/mol. The molecule has 0 bridgehead atoms. The average Bonchev–Trinajstić information content (AvgIpc) is 2.88. The molecule has 2 unspecified atom stereocenters. The van der Waals surface area contributed by atoms with Crippen LogP contribution in [0, 0.1) is 11.3 Å². The first-order valence-electron chi connectivity index (χ1n) is 6.56. The van der Waals surface area contributed by atoms with Crippen molar-refractivity contribution in [2.75, 3.05) is 25.2 Å². The van der Waals surface area contributed by atoms with E-state index in [1.54, 1.807) is 0 Å². The third-order valence-electron chi connectivity index (χ3n) is 3.52. The maximum atomic E-state index is 9.17. The molecule has 0 saturated carbocycles. The highest BCUT2D eigenvalue weighted by atomic mass is 32.2. The minimum absolute atomic E-state index is 0.315. The number of nitrogens with one attached hydrogen (secondary N) is 1. The summed E-state index contributed by atoms with van der Waals surface area (Å²) in [4.78, 5) is 0. The van der Waals surface area contributed by atoms with Gasteiger partial charge >= 0.3 is 0 Å². The standard InChI is InChI=1S/C13H24N2OS/c1-3-13(11-14,15-2)7-5-9-17-10-12-6-4-8-16-12/h12,15H,3-10H2,1-2H3. The number of hydrogen-bond donors (Lipinski definition) is 1. The number of nitrogens with zero attached hydrogens (tertiary/aromatic N) is 1. The van der Waals surface area contributed by atoms with Gasteiger partial charge in [-0.1, -0.05) is 6.92 Å². The molecule has 0 radical (unpaired) electrons. The summed E-state index contributed by atoms with van der Waals surface area (Å²) in [6, 6.07) is 2.40. The lowest BCUT2D eigenvalue weighted by Crippen LogP contribution is -2.40. The lowest BCUT2D eigenvalue weighted by atomic mass is 9.93. The quantitative estimate of drug-likeness (QED) is 0.678. The first kappa shape index (κ1) is 14.8. The highest BCUT2D eigenvalue weighted by Gasteiger charge is 2.24. The molecular weight excluding hydrogens is 232 g/mol. The Kier molecular flexibility index (Phi) is 6.94. The molecule has 0 aromatic heterocycles. The lowest BCUT2D eigenvalue weighted by molar-refractivity contribution is 0.129. The molecule has 1 rings (SSSR count). The predicted molar refractivity (Wildman–Crippen MR) is 73.2 cm³/mol. The van der Waals surface area contributed by atoms with E-state index < -0.39 is 0 Å². The van der Waals surface area contributed by atoms with Crippen LogP contribution in [0.15, 0.2) is 0 Å². The molecule has 1 N–H and O–H groups in total. The van der Waals surface area contributed by atoms with Crippen molar-refractivity contribution < 1.29 is 4.74 Å². The molecule has 2 atom stereocenters. The molecule has 0 amide bonds. The van der Waals surface area contributed by atoms with E-state index in [-0.39, 0.29) is 5.54 Å². The van der Waals surface area contributed by atoms with E-state index in [1.807, 2.05) is 18.8 Å². The van der Waals surface area contributed by atoms with E-state index in [4.69, 9.17) is 10.00 Å². The van der Waals surface area contributed by atoms with Gasteiger partial charge in [0, 0.05) is 12.4 Å². The summed E-state index contributed by atoms with van der Waals surface area (Å²) >= 11 is 1.96. The molecule has 1 heterocycles. The van der Waals surface area contributed by atoms with Crippen LogP contribution < -0.4 is 5.32 Å². The zero-order chi connectivity index (χ0) is 12.6. The summed E-state index contributed by atoms with van der Waals surface area (Å²) in [6.07, 6.45) is 5.83. The van der Waals surface area contributed by atoms with Crippen LogP contribution in [0.4, 0.5) is 0 Å². The van der Waals surface area contributed by atoms with Crippen LogP contribution in [0.2, 0.25) is 0 Å². The smallest absolute Gasteiger partial charge is 0.106 e. The van der Waals surface area contributed by atoms with E-state index in [2.05, 4.69) is 18.3 Å². The highest BCUT2D eigenvalue weighted by Crippen LogP contribution is 2.21. The van der Waals surface area contributed by atoms with Crippen LogP contribution in [0.25, 0.3) is 0 Å². The summed E-state index contributed by atoms with van der Waals surface area (Å²) in [5.74, 6) is 2.25. The van der Waals surface area contributed by atoms with Crippen LogP contribution in [-0.2, 0) is 4.74 Å². The normalized spacial score (nSPS) is 23.2. The third kappa shape index (κ3) is 4.87. The second-order valence-corrected chi connectivity index (χ2v) is 5.76. The number of nitriles is 1. The molecule has 98 valence electrons. The zero-order valence-electron chi connectivity index (χ0n) is 11.0. The largest absolute Gasteiger partial charge is 0.377 e. The van der Waals surface area contributed by atoms with Crippen LogP contribution >= 0.6 is 11.8 Å². The Morgan fingerprint density at radius 1 is 1.59 bits per heavy atom. The second-order valence-electron chi connectivity index (χ2n) is 4.61. The van der Waals surface area contributed by atoms with Gasteiger partial charge < -0.3 is 10.1 Å². The molecule has 1 aliphatic rings. The molecule has 0 aromatic carbocycles. The summed E-state index contributed by atoms with van der Waals surface area (Å²) in [5.41, 5.74) is -0.315. The van der Waals surface area contributed by atoms with Crippen LogP contribution in [0.3, 0.4) is 0 Å². The van der Waals surface area contributed by atoms with Gasteiger partial charge in [-0.15, -0.1) is 0 Å². The molecule has 0 aliphatic carbocycles. The van der Waals surface area contributed by atoms with Crippen LogP contribution in [0.1, 0.15) is 39.0 Å². The molecule has 0 spiro atoms. The molecule has 3 nitrogen and oxygen atoms in total. The summed E-state index contributed by atoms with van der Waals surface area (Å²) in [6.45, 7) is 3.01. The van der Waals surface area contributed by atoms with E-state index in [0.717, 1.165) is 37.4 Å². The summed E-state index contributed by atoms with van der Waals surface area (Å²) < 4.78 is 5.58. The Balaban J connectivity index is 2.08. The molecule has 1 aliphatic heterocycles. The van der Waals surface area contributed by atoms with Crippen LogP contribution in [-0.4, -0.2) is 36.8 Å². The van der Waals surface area contributed by atoms with Gasteiger partial charge in [0.15, 0.2) is 0 Å². The van der Waals surface area contributed by atoms with Gasteiger partial charge in [0.1, 0.15) is 5.54 Å². The van der Waals surface area contributed by atoms with Crippen molar-refractivity contribution in [3.8, 4) is 6.07 Å². The fraction of sp³-hybridized carbons (Fsp3) is 0.923. The molecule has 0 aromatic rings. The Morgan fingerprint density at radius 3 is 2.94 bits per heavy atom. The Hall–Kier alpha value is -0.240. The number of rotatable bonds is 8.